The molecule has 0 aromatic rings. The quantitative estimate of drug-likeness (QED) is 0.452. The average molecular weight is 242 g/mol. The molecule has 1 aliphatic carbocycles. The monoisotopic (exact) mass is 242 g/mol. The van der Waals surface area contributed by atoms with Crippen LogP contribution in [0.3, 0.4) is 0 Å². The minimum atomic E-state index is -0.739. The molecule has 3 rings (SSSR count). The van der Waals surface area contributed by atoms with Crippen molar-refractivity contribution in [1.29, 1.82) is 0 Å². The normalized spacial score (nSPS) is 45.5. The number of hydrogen-bond acceptors (Lipinski definition) is 5. The van der Waals surface area contributed by atoms with Gasteiger partial charge in [0.05, 0.1) is 12.7 Å². The SMILES string of the molecule is CCC[C@H](O)[C@@H]1OCC2=C1[C@@H](O)[C@H]1O[C@@H]1[C@H]2O. The van der Waals surface area contributed by atoms with Crippen LogP contribution in [0.2, 0.25) is 0 Å². The standard InChI is InChI=1S/C12H18O5/c1-2-3-6(13)10-7-5(4-16-10)8(14)11-12(17-11)9(7)15/h6,8-15H,2-4H2,1H3/t6-,8-,9+,10-,11+,12+/m0/s1. The molecule has 0 amide bonds. The molecule has 0 spiro atoms. The number of aliphatic hydroxyl groups is 3. The molecule has 1 saturated heterocycles. The summed E-state index contributed by atoms with van der Waals surface area (Å²) in [5.74, 6) is 0. The first kappa shape index (κ1) is 11.6. The molecule has 17 heavy (non-hydrogen) atoms. The van der Waals surface area contributed by atoms with Crippen molar-refractivity contribution in [2.45, 2.75) is 56.4 Å². The number of fused-ring (bicyclic) bond motifs is 1. The van der Waals surface area contributed by atoms with Crippen molar-refractivity contribution >= 4 is 0 Å². The Bertz CT molecular complexity index is 353. The lowest BCUT2D eigenvalue weighted by atomic mass is 9.84. The number of ether oxygens (including phenoxy) is 2. The second kappa shape index (κ2) is 4.03. The Labute approximate surface area is 99.7 Å². The van der Waals surface area contributed by atoms with E-state index in [1.807, 2.05) is 6.92 Å². The molecule has 3 aliphatic rings. The molecular formula is C12H18O5. The molecule has 0 aromatic carbocycles. The number of hydrogen-bond donors (Lipinski definition) is 3. The number of aliphatic hydroxyl groups excluding tert-OH is 3. The second-order valence-electron chi connectivity index (χ2n) is 5.02. The zero-order valence-electron chi connectivity index (χ0n) is 9.74. The van der Waals surface area contributed by atoms with Gasteiger partial charge in [-0.2, -0.15) is 0 Å². The van der Waals surface area contributed by atoms with E-state index in [4.69, 9.17) is 9.47 Å². The van der Waals surface area contributed by atoms with Crippen molar-refractivity contribution in [1.82, 2.24) is 0 Å². The molecular weight excluding hydrogens is 224 g/mol. The maximum Gasteiger partial charge on any atom is 0.117 e. The molecule has 0 bridgehead atoms. The van der Waals surface area contributed by atoms with Crippen molar-refractivity contribution in [3.63, 3.8) is 0 Å². The van der Waals surface area contributed by atoms with Crippen molar-refractivity contribution in [2.24, 2.45) is 0 Å². The minimum absolute atomic E-state index is 0.283. The first-order valence-corrected chi connectivity index (χ1v) is 6.19. The Morgan fingerprint density at radius 2 is 2.00 bits per heavy atom. The highest BCUT2D eigenvalue weighted by molar-refractivity contribution is 5.39. The highest BCUT2D eigenvalue weighted by Gasteiger charge is 2.58. The van der Waals surface area contributed by atoms with Crippen LogP contribution in [0.4, 0.5) is 0 Å². The Balaban J connectivity index is 1.85. The zero-order valence-corrected chi connectivity index (χ0v) is 9.74. The van der Waals surface area contributed by atoms with Gasteiger partial charge < -0.3 is 24.8 Å². The van der Waals surface area contributed by atoms with Crippen molar-refractivity contribution in [3.05, 3.63) is 11.1 Å². The topological polar surface area (TPSA) is 82.5 Å². The summed E-state index contributed by atoms with van der Waals surface area (Å²) >= 11 is 0. The van der Waals surface area contributed by atoms with E-state index in [1.165, 1.54) is 0 Å². The van der Waals surface area contributed by atoms with E-state index in [0.29, 0.717) is 17.6 Å². The van der Waals surface area contributed by atoms with Crippen LogP contribution in [0.1, 0.15) is 19.8 Å². The predicted molar refractivity (Wildman–Crippen MR) is 58.4 cm³/mol. The lowest BCUT2D eigenvalue weighted by Gasteiger charge is -2.26. The summed E-state index contributed by atoms with van der Waals surface area (Å²) in [6, 6.07) is 0. The molecule has 0 unspecified atom stereocenters. The third kappa shape index (κ3) is 1.65. The van der Waals surface area contributed by atoms with Crippen LogP contribution in [0.25, 0.3) is 0 Å². The van der Waals surface area contributed by atoms with Gasteiger partial charge in [0.2, 0.25) is 0 Å². The van der Waals surface area contributed by atoms with Crippen LogP contribution in [0.15, 0.2) is 11.1 Å². The summed E-state index contributed by atoms with van der Waals surface area (Å²) in [6.45, 7) is 2.27. The van der Waals surface area contributed by atoms with Crippen LogP contribution in [-0.2, 0) is 9.47 Å². The molecule has 5 nitrogen and oxygen atoms in total. The smallest absolute Gasteiger partial charge is 0.117 e. The third-order valence-corrected chi connectivity index (χ3v) is 3.89. The third-order valence-electron chi connectivity index (χ3n) is 3.89. The van der Waals surface area contributed by atoms with E-state index in [-0.39, 0.29) is 18.8 Å². The molecule has 96 valence electrons. The van der Waals surface area contributed by atoms with Crippen LogP contribution in [-0.4, -0.2) is 58.6 Å². The van der Waals surface area contributed by atoms with E-state index >= 15 is 0 Å². The van der Waals surface area contributed by atoms with Gasteiger partial charge in [0.1, 0.15) is 30.5 Å². The van der Waals surface area contributed by atoms with Gasteiger partial charge in [0.15, 0.2) is 0 Å². The van der Waals surface area contributed by atoms with Crippen LogP contribution in [0, 0.1) is 0 Å². The largest absolute Gasteiger partial charge is 0.390 e. The predicted octanol–water partition coefficient (Wildman–Crippen LogP) is -0.654. The molecule has 5 heteroatoms. The summed E-state index contributed by atoms with van der Waals surface area (Å²) < 4.78 is 10.8. The second-order valence-corrected chi connectivity index (χ2v) is 5.02. The van der Waals surface area contributed by atoms with E-state index < -0.39 is 24.4 Å². The van der Waals surface area contributed by atoms with Gasteiger partial charge in [-0.15, -0.1) is 0 Å². The molecule has 0 radical (unpaired) electrons. The van der Waals surface area contributed by atoms with E-state index in [9.17, 15) is 15.3 Å². The molecule has 2 heterocycles. The van der Waals surface area contributed by atoms with Gasteiger partial charge in [-0.3, -0.25) is 0 Å². The van der Waals surface area contributed by atoms with Gasteiger partial charge in [-0.25, -0.2) is 0 Å². The van der Waals surface area contributed by atoms with Crippen LogP contribution >= 0.6 is 0 Å². The molecule has 1 fully saturated rings. The minimum Gasteiger partial charge on any atom is -0.390 e. The van der Waals surface area contributed by atoms with Crippen molar-refractivity contribution in [2.75, 3.05) is 6.61 Å². The molecule has 6 atom stereocenters. The Morgan fingerprint density at radius 1 is 1.29 bits per heavy atom. The fourth-order valence-corrected chi connectivity index (χ4v) is 2.93. The summed E-state index contributed by atoms with van der Waals surface area (Å²) in [5.41, 5.74) is 1.36. The first-order chi connectivity index (χ1) is 8.15. The number of rotatable bonds is 3. The molecule has 2 aliphatic heterocycles. The van der Waals surface area contributed by atoms with Gasteiger partial charge in [0.25, 0.3) is 0 Å². The van der Waals surface area contributed by atoms with E-state index in [1.54, 1.807) is 0 Å². The fourth-order valence-electron chi connectivity index (χ4n) is 2.93. The lowest BCUT2D eigenvalue weighted by Crippen LogP contribution is -2.39. The highest BCUT2D eigenvalue weighted by Crippen LogP contribution is 2.45. The van der Waals surface area contributed by atoms with Gasteiger partial charge in [-0.05, 0) is 17.6 Å². The van der Waals surface area contributed by atoms with Gasteiger partial charge in [0, 0.05) is 0 Å². The Morgan fingerprint density at radius 3 is 2.71 bits per heavy atom. The summed E-state index contributed by atoms with van der Waals surface area (Å²) in [5, 5.41) is 30.1. The molecule has 3 N–H and O–H groups in total. The van der Waals surface area contributed by atoms with Gasteiger partial charge >= 0.3 is 0 Å². The fraction of sp³-hybridized carbons (Fsp3) is 0.833. The maximum atomic E-state index is 10.1. The average Bonchev–Trinajstić information content (AvgIpc) is 2.98. The van der Waals surface area contributed by atoms with Crippen molar-refractivity contribution < 1.29 is 24.8 Å². The molecule has 0 aromatic heterocycles. The van der Waals surface area contributed by atoms with Gasteiger partial charge in [-0.1, -0.05) is 13.3 Å². The van der Waals surface area contributed by atoms with E-state index in [2.05, 4.69) is 0 Å². The van der Waals surface area contributed by atoms with Crippen molar-refractivity contribution in [3.8, 4) is 0 Å². The maximum absolute atomic E-state index is 10.1. The highest BCUT2D eigenvalue weighted by atomic mass is 16.6. The van der Waals surface area contributed by atoms with Crippen LogP contribution in [0.5, 0.6) is 0 Å². The first-order valence-electron chi connectivity index (χ1n) is 6.19. The summed E-state index contributed by atoms with van der Waals surface area (Å²) in [4.78, 5) is 0. The Kier molecular flexibility index (Phi) is 2.76. The Hall–Kier alpha value is -0.460. The lowest BCUT2D eigenvalue weighted by molar-refractivity contribution is -0.00843. The zero-order chi connectivity index (χ0) is 12.2. The summed E-state index contributed by atoms with van der Waals surface area (Å²) in [6.07, 6.45) is -1.65. The summed E-state index contributed by atoms with van der Waals surface area (Å²) in [7, 11) is 0. The molecule has 0 saturated carbocycles. The van der Waals surface area contributed by atoms with Crippen LogP contribution < -0.4 is 0 Å². The number of epoxide rings is 1. The van der Waals surface area contributed by atoms with E-state index in [0.717, 1.165) is 6.42 Å².